The van der Waals surface area contributed by atoms with Crippen LogP contribution in [0.2, 0.25) is 0 Å². The molecule has 0 saturated heterocycles. The van der Waals surface area contributed by atoms with Gasteiger partial charge in [0.15, 0.2) is 5.82 Å². The predicted molar refractivity (Wildman–Crippen MR) is 157 cm³/mol. The van der Waals surface area contributed by atoms with Gasteiger partial charge >= 0.3 is 0 Å². The molecular formula is C29H38F2N8O2S. The molecule has 226 valence electrons. The van der Waals surface area contributed by atoms with E-state index in [0.717, 1.165) is 11.8 Å². The van der Waals surface area contributed by atoms with Crippen LogP contribution < -0.4 is 4.72 Å². The molecule has 4 aromatic rings. The second-order valence-corrected chi connectivity index (χ2v) is 12.9. The number of rotatable bonds is 8. The topological polar surface area (TPSA) is 128 Å². The van der Waals surface area contributed by atoms with Crippen molar-refractivity contribution in [3.05, 3.63) is 77.3 Å². The highest BCUT2D eigenvalue weighted by Crippen LogP contribution is 2.47. The van der Waals surface area contributed by atoms with Crippen LogP contribution in [-0.4, -0.2) is 49.6 Å². The molecule has 0 saturated carbocycles. The molecule has 0 fully saturated rings. The molecule has 0 aliphatic rings. The summed E-state index contributed by atoms with van der Waals surface area (Å²) in [6.07, 6.45) is 4.06. The molecule has 3 heterocycles. The summed E-state index contributed by atoms with van der Waals surface area (Å²) in [5.74, 6) is -0.996. The van der Waals surface area contributed by atoms with Crippen LogP contribution in [0.25, 0.3) is 17.2 Å². The molecule has 0 bridgehead atoms. The number of nitrogens with one attached hydrogen (secondary N) is 1. The second kappa shape index (κ2) is 12.7. The van der Waals surface area contributed by atoms with Crippen molar-refractivity contribution in [1.29, 1.82) is 0 Å². The molecule has 0 radical (unpaired) electrons. The standard InChI is InChI=1S/C27H32F2N8O2S.C2H6/c1-16(2)17-13-20(23-18(28)9-8-10-19(23)29)34-35-24(17)27(6,26(3,4)5)21-11-12-30-25(33-21)37-15-31-22(36-37)14-32-40(7,38)39;1-2/h8-13,15-16,32H,14H2,1-7H3;1-2H3/t27-;/m0./s1. The SMILES string of the molecule is CC.CC(C)c1cc(-c2c(F)cccc2F)nnc1[C@](C)(c1ccnc(-n2cnc(CNS(C)(=O)=O)n2)n1)C(C)(C)C. The highest BCUT2D eigenvalue weighted by Gasteiger charge is 2.45. The normalized spacial score (nSPS) is 13.4. The van der Waals surface area contributed by atoms with E-state index in [9.17, 15) is 17.2 Å². The van der Waals surface area contributed by atoms with Crippen molar-refractivity contribution in [3.8, 4) is 17.2 Å². The largest absolute Gasteiger partial charge is 0.252 e. The van der Waals surface area contributed by atoms with Crippen LogP contribution >= 0.6 is 0 Å². The van der Waals surface area contributed by atoms with Gasteiger partial charge in [-0.1, -0.05) is 54.5 Å². The van der Waals surface area contributed by atoms with Crippen LogP contribution in [0.3, 0.4) is 0 Å². The fraction of sp³-hybridized carbons (Fsp3) is 0.448. The maximum absolute atomic E-state index is 14.6. The van der Waals surface area contributed by atoms with Crippen LogP contribution in [0.1, 0.15) is 84.1 Å². The van der Waals surface area contributed by atoms with Crippen LogP contribution in [-0.2, 0) is 22.0 Å². The predicted octanol–water partition coefficient (Wildman–Crippen LogP) is 5.34. The summed E-state index contributed by atoms with van der Waals surface area (Å²) in [4.78, 5) is 13.3. The van der Waals surface area contributed by atoms with Crippen LogP contribution in [0.5, 0.6) is 0 Å². The number of nitrogens with zero attached hydrogens (tertiary/aromatic N) is 7. The number of aromatic nitrogens is 7. The molecular weight excluding hydrogens is 562 g/mol. The minimum Gasteiger partial charge on any atom is -0.220 e. The molecule has 3 aromatic heterocycles. The summed E-state index contributed by atoms with van der Waals surface area (Å²) in [5, 5.41) is 13.2. The van der Waals surface area contributed by atoms with Crippen molar-refractivity contribution in [2.75, 3.05) is 6.26 Å². The Balaban J connectivity index is 0.00000237. The molecule has 1 aromatic carbocycles. The Kier molecular flexibility index (Phi) is 9.88. The lowest BCUT2D eigenvalue weighted by Crippen LogP contribution is -2.41. The lowest BCUT2D eigenvalue weighted by molar-refractivity contribution is 0.233. The third kappa shape index (κ3) is 6.84. The van der Waals surface area contributed by atoms with Crippen molar-refractivity contribution < 1.29 is 17.2 Å². The molecule has 0 amide bonds. The van der Waals surface area contributed by atoms with E-state index in [1.807, 2.05) is 34.6 Å². The van der Waals surface area contributed by atoms with Crippen molar-refractivity contribution in [2.45, 2.75) is 73.3 Å². The molecule has 42 heavy (non-hydrogen) atoms. The number of sulfonamides is 1. The Bertz CT molecular complexity index is 1630. The van der Waals surface area contributed by atoms with Gasteiger partial charge in [-0.2, -0.15) is 9.78 Å². The molecule has 0 aliphatic carbocycles. The molecule has 0 unspecified atom stereocenters. The van der Waals surface area contributed by atoms with Gasteiger partial charge in [0.2, 0.25) is 10.0 Å². The van der Waals surface area contributed by atoms with E-state index in [1.165, 1.54) is 29.2 Å². The van der Waals surface area contributed by atoms with Gasteiger partial charge in [0.05, 0.1) is 40.9 Å². The zero-order chi connectivity index (χ0) is 31.5. The van der Waals surface area contributed by atoms with E-state index in [1.54, 1.807) is 18.3 Å². The van der Waals surface area contributed by atoms with E-state index in [4.69, 9.17) is 4.98 Å². The summed E-state index contributed by atoms with van der Waals surface area (Å²) in [6, 6.07) is 7.17. The smallest absolute Gasteiger partial charge is 0.220 e. The van der Waals surface area contributed by atoms with E-state index in [2.05, 4.69) is 50.8 Å². The first-order valence-corrected chi connectivity index (χ1v) is 15.5. The molecule has 1 atom stereocenters. The van der Waals surface area contributed by atoms with Gasteiger partial charge < -0.3 is 0 Å². The maximum Gasteiger partial charge on any atom is 0.252 e. The number of hydrogen-bond acceptors (Lipinski definition) is 8. The fourth-order valence-corrected chi connectivity index (χ4v) is 4.76. The van der Waals surface area contributed by atoms with Gasteiger partial charge in [-0.15, -0.1) is 10.2 Å². The first-order valence-electron chi connectivity index (χ1n) is 13.6. The van der Waals surface area contributed by atoms with Crippen molar-refractivity contribution >= 4 is 10.0 Å². The first kappa shape index (κ1) is 32.8. The van der Waals surface area contributed by atoms with Gasteiger partial charge in [-0.05, 0) is 48.1 Å². The lowest BCUT2D eigenvalue weighted by atomic mass is 9.62. The van der Waals surface area contributed by atoms with Gasteiger partial charge in [-0.3, -0.25) is 0 Å². The fourth-order valence-electron chi connectivity index (χ4n) is 4.37. The second-order valence-electron chi connectivity index (χ2n) is 11.1. The summed E-state index contributed by atoms with van der Waals surface area (Å²) < 4.78 is 55.8. The van der Waals surface area contributed by atoms with Crippen molar-refractivity contribution in [1.82, 2.24) is 39.7 Å². The monoisotopic (exact) mass is 600 g/mol. The molecule has 0 aliphatic heterocycles. The number of benzene rings is 1. The summed E-state index contributed by atoms with van der Waals surface area (Å²) in [5.41, 5.74) is 0.631. The summed E-state index contributed by atoms with van der Waals surface area (Å²) in [7, 11) is -3.41. The van der Waals surface area contributed by atoms with Crippen LogP contribution in [0.15, 0.2) is 42.9 Å². The Labute approximate surface area is 246 Å². The number of hydrogen-bond donors (Lipinski definition) is 1. The molecule has 0 spiro atoms. The molecule has 4 rings (SSSR count). The first-order chi connectivity index (χ1) is 19.6. The highest BCUT2D eigenvalue weighted by molar-refractivity contribution is 7.88. The summed E-state index contributed by atoms with van der Waals surface area (Å²) >= 11 is 0. The third-order valence-electron chi connectivity index (χ3n) is 7.03. The Morgan fingerprint density at radius 1 is 1.00 bits per heavy atom. The minimum absolute atomic E-state index is 0.0534. The van der Waals surface area contributed by atoms with Crippen molar-refractivity contribution in [2.24, 2.45) is 5.41 Å². The van der Waals surface area contributed by atoms with Gasteiger partial charge in [0.1, 0.15) is 18.0 Å². The number of halogens is 2. The average molecular weight is 601 g/mol. The lowest BCUT2D eigenvalue weighted by Gasteiger charge is -2.42. The van der Waals surface area contributed by atoms with Gasteiger partial charge in [0, 0.05) is 6.20 Å². The molecule has 1 N–H and O–H groups in total. The third-order valence-corrected chi connectivity index (χ3v) is 7.70. The van der Waals surface area contributed by atoms with Crippen molar-refractivity contribution in [3.63, 3.8) is 0 Å². The van der Waals surface area contributed by atoms with Gasteiger partial charge in [0.25, 0.3) is 5.95 Å². The Hall–Kier alpha value is -3.71. The zero-order valence-electron chi connectivity index (χ0n) is 25.4. The minimum atomic E-state index is -3.41. The average Bonchev–Trinajstić information content (AvgIpc) is 3.41. The van der Waals surface area contributed by atoms with Gasteiger partial charge in [-0.25, -0.2) is 36.9 Å². The quantitative estimate of drug-likeness (QED) is 0.287. The van der Waals surface area contributed by atoms with E-state index < -0.39 is 32.5 Å². The Morgan fingerprint density at radius 2 is 1.64 bits per heavy atom. The summed E-state index contributed by atoms with van der Waals surface area (Å²) in [6.45, 7) is 16.0. The maximum atomic E-state index is 14.6. The van der Waals surface area contributed by atoms with E-state index >= 15 is 0 Å². The van der Waals surface area contributed by atoms with Crippen LogP contribution in [0.4, 0.5) is 8.78 Å². The Morgan fingerprint density at radius 3 is 2.21 bits per heavy atom. The zero-order valence-corrected chi connectivity index (χ0v) is 26.3. The van der Waals surface area contributed by atoms with E-state index in [0.29, 0.717) is 11.4 Å². The van der Waals surface area contributed by atoms with E-state index in [-0.39, 0.29) is 35.5 Å². The molecule has 10 nitrogen and oxygen atoms in total. The molecule has 13 heteroatoms. The van der Waals surface area contributed by atoms with Crippen LogP contribution in [0, 0.1) is 17.0 Å². The highest BCUT2D eigenvalue weighted by atomic mass is 32.2.